The van der Waals surface area contributed by atoms with E-state index >= 15 is 0 Å². The Kier molecular flexibility index (Phi) is 8.59. The lowest BCUT2D eigenvalue weighted by atomic mass is 9.98. The molecule has 6 nitrogen and oxygen atoms in total. The molecule has 44 heavy (non-hydrogen) atoms. The molecule has 0 bridgehead atoms. The average Bonchev–Trinajstić information content (AvgIpc) is 3.82. The highest BCUT2D eigenvalue weighted by molar-refractivity contribution is 7.89. The number of nitrogens with zero attached hydrogens (tertiary/aromatic N) is 2. The van der Waals surface area contributed by atoms with Crippen LogP contribution in [0.25, 0.3) is 0 Å². The van der Waals surface area contributed by atoms with E-state index in [-0.39, 0.29) is 22.9 Å². The second-order valence-corrected chi connectivity index (χ2v) is 15.9. The molecule has 6 aliphatic rings. The summed E-state index contributed by atoms with van der Waals surface area (Å²) in [5.74, 6) is 2.62. The third kappa shape index (κ3) is 6.61. The van der Waals surface area contributed by atoms with Crippen molar-refractivity contribution in [3.8, 4) is 0 Å². The highest BCUT2D eigenvalue weighted by Gasteiger charge is 2.50. The first kappa shape index (κ1) is 30.7. The number of likely N-dealkylation sites (tertiary alicyclic amines) is 1. The number of alkyl halides is 3. The number of rotatable bonds is 8. The molecule has 0 spiro atoms. The fourth-order valence-corrected chi connectivity index (χ4v) is 10.4. The van der Waals surface area contributed by atoms with Gasteiger partial charge in [0.05, 0.1) is 10.5 Å². The first-order valence-electron chi connectivity index (χ1n) is 16.6. The van der Waals surface area contributed by atoms with Crippen LogP contribution in [0.15, 0.2) is 59.5 Å². The van der Waals surface area contributed by atoms with Crippen LogP contribution < -0.4 is 10.6 Å². The Morgan fingerprint density at radius 2 is 1.61 bits per heavy atom. The maximum absolute atomic E-state index is 13.2. The summed E-state index contributed by atoms with van der Waals surface area (Å²) in [6.45, 7) is 5.47. The van der Waals surface area contributed by atoms with Crippen LogP contribution in [0.1, 0.15) is 62.5 Å². The molecule has 4 saturated carbocycles. The zero-order valence-corrected chi connectivity index (χ0v) is 26.1. The molecule has 0 unspecified atom stereocenters. The van der Waals surface area contributed by atoms with Gasteiger partial charge in [-0.3, -0.25) is 4.90 Å². The molecule has 0 radical (unpaired) electrons. The van der Waals surface area contributed by atoms with Gasteiger partial charge in [0.1, 0.15) is 0 Å². The zero-order valence-electron chi connectivity index (χ0n) is 25.3. The maximum Gasteiger partial charge on any atom is 0.416 e. The van der Waals surface area contributed by atoms with Crippen molar-refractivity contribution < 1.29 is 21.6 Å². The first-order valence-corrected chi connectivity index (χ1v) is 18.0. The lowest BCUT2D eigenvalue weighted by Gasteiger charge is -2.32. The topological polar surface area (TPSA) is 64.7 Å². The summed E-state index contributed by atoms with van der Waals surface area (Å²) in [4.78, 5) is 2.43. The Morgan fingerprint density at radius 1 is 0.841 bits per heavy atom. The lowest BCUT2D eigenvalue weighted by Crippen LogP contribution is -2.45. The van der Waals surface area contributed by atoms with E-state index in [0.717, 1.165) is 81.4 Å². The number of fused-ring (bicyclic) bond motifs is 2. The molecule has 6 fully saturated rings. The molecular formula is C34H45F3N4O2S. The van der Waals surface area contributed by atoms with E-state index < -0.39 is 21.8 Å². The normalized spacial score (nSPS) is 32.0. The molecule has 6 atom stereocenters. The van der Waals surface area contributed by atoms with Crippen molar-refractivity contribution in [1.29, 1.82) is 0 Å². The van der Waals surface area contributed by atoms with Crippen LogP contribution >= 0.6 is 0 Å². The van der Waals surface area contributed by atoms with Crippen LogP contribution in [0.4, 0.5) is 13.2 Å². The number of sulfonamides is 1. The first-order chi connectivity index (χ1) is 21.2. The largest absolute Gasteiger partial charge is 0.416 e. The van der Waals surface area contributed by atoms with Crippen molar-refractivity contribution >= 4 is 10.0 Å². The van der Waals surface area contributed by atoms with Gasteiger partial charge >= 0.3 is 6.18 Å². The van der Waals surface area contributed by atoms with Crippen LogP contribution in [0.5, 0.6) is 0 Å². The minimum absolute atomic E-state index is 0.0658. The quantitative estimate of drug-likeness (QED) is 0.403. The minimum Gasteiger partial charge on any atom is -0.316 e. The van der Waals surface area contributed by atoms with Gasteiger partial charge < -0.3 is 10.6 Å². The number of benzene rings is 2. The second-order valence-electron chi connectivity index (χ2n) is 14.0. The number of hydrogen-bond acceptors (Lipinski definition) is 5. The van der Waals surface area contributed by atoms with E-state index in [9.17, 15) is 21.6 Å². The third-order valence-corrected chi connectivity index (χ3v) is 12.9. The monoisotopic (exact) mass is 630 g/mol. The molecular weight excluding hydrogens is 585 g/mol. The van der Waals surface area contributed by atoms with Crippen molar-refractivity contribution in [2.45, 2.75) is 93.2 Å². The molecule has 2 heterocycles. The van der Waals surface area contributed by atoms with E-state index in [0.29, 0.717) is 5.92 Å². The zero-order chi connectivity index (χ0) is 30.5. The Hall–Kier alpha value is -1.98. The van der Waals surface area contributed by atoms with Crippen LogP contribution in [-0.2, 0) is 22.7 Å². The summed E-state index contributed by atoms with van der Waals surface area (Å²) < 4.78 is 66.9. The van der Waals surface area contributed by atoms with Gasteiger partial charge in [0.25, 0.3) is 0 Å². The van der Waals surface area contributed by atoms with Gasteiger partial charge in [0.15, 0.2) is 0 Å². The summed E-state index contributed by atoms with van der Waals surface area (Å²) in [5.41, 5.74) is 0.547. The molecule has 2 aliphatic heterocycles. The highest BCUT2D eigenvalue weighted by atomic mass is 32.2. The van der Waals surface area contributed by atoms with E-state index in [1.165, 1.54) is 56.5 Å². The third-order valence-electron chi connectivity index (χ3n) is 10.9. The molecule has 2 saturated heterocycles. The van der Waals surface area contributed by atoms with Crippen LogP contribution in [-0.4, -0.2) is 68.0 Å². The molecule has 4 aliphatic carbocycles. The van der Waals surface area contributed by atoms with Crippen molar-refractivity contribution in [2.75, 3.05) is 26.2 Å². The molecule has 2 aromatic carbocycles. The highest BCUT2D eigenvalue weighted by Crippen LogP contribution is 2.45. The van der Waals surface area contributed by atoms with Crippen LogP contribution in [0.3, 0.4) is 0 Å². The van der Waals surface area contributed by atoms with E-state index in [2.05, 4.69) is 45.9 Å². The molecule has 0 amide bonds. The SMILES string of the molecule is O=S(=O)(c1cccc(C(F)(F)F)c1)N(C1CC1)[C@H]1CC[C@H]2CNC[C@H]21.c1ccc(CN2C[C@@H]3CC[C@H](NC4CC4)[C@@H]3C2)cc1. The molecule has 0 aromatic heterocycles. The predicted octanol–water partition coefficient (Wildman–Crippen LogP) is 5.51. The van der Waals surface area contributed by atoms with Gasteiger partial charge in [-0.1, -0.05) is 36.4 Å². The van der Waals surface area contributed by atoms with E-state index in [1.807, 2.05) is 0 Å². The smallest absolute Gasteiger partial charge is 0.316 e. The van der Waals surface area contributed by atoms with Gasteiger partial charge in [-0.05, 0) is 112 Å². The fraction of sp³-hybridized carbons (Fsp3) is 0.647. The van der Waals surface area contributed by atoms with Gasteiger partial charge in [0, 0.05) is 43.8 Å². The maximum atomic E-state index is 13.2. The van der Waals surface area contributed by atoms with Gasteiger partial charge in [-0.2, -0.15) is 17.5 Å². The predicted molar refractivity (Wildman–Crippen MR) is 164 cm³/mol. The molecule has 10 heteroatoms. The van der Waals surface area contributed by atoms with Gasteiger partial charge in [-0.15, -0.1) is 0 Å². The van der Waals surface area contributed by atoms with Gasteiger partial charge in [0.2, 0.25) is 10.0 Å². The Bertz CT molecular complexity index is 1400. The van der Waals surface area contributed by atoms with Crippen LogP contribution in [0.2, 0.25) is 0 Å². The van der Waals surface area contributed by atoms with Crippen molar-refractivity contribution in [3.05, 3.63) is 65.7 Å². The minimum atomic E-state index is -4.55. The average molecular weight is 631 g/mol. The number of halogens is 3. The number of hydrogen-bond donors (Lipinski definition) is 2. The molecule has 2 N–H and O–H groups in total. The van der Waals surface area contributed by atoms with Crippen molar-refractivity contribution in [2.24, 2.45) is 23.7 Å². The molecule has 240 valence electrons. The summed E-state index contributed by atoms with van der Waals surface area (Å²) in [6.07, 6.45) is 4.51. The summed E-state index contributed by atoms with van der Waals surface area (Å²) >= 11 is 0. The Balaban J connectivity index is 0.000000147. The second kappa shape index (κ2) is 12.3. The van der Waals surface area contributed by atoms with Gasteiger partial charge in [-0.25, -0.2) is 8.42 Å². The van der Waals surface area contributed by atoms with Crippen molar-refractivity contribution in [1.82, 2.24) is 19.8 Å². The number of nitrogens with one attached hydrogen (secondary N) is 2. The standard InChI is InChI=1S/C17H21F3N2O2S.C17H24N2/c18-17(19,20)12-2-1-3-14(8-12)25(23,24)22(13-5-6-13)16-7-4-11-9-21-10-15(11)16;1-2-4-13(5-3-1)10-19-11-14-6-9-17(16(14)12-19)18-15-7-8-15/h1-3,8,11,13,15-16,21H,4-7,9-10H2;1-5,14-18H,6-12H2/t11-,15+,16-;14-,16+,17-/m00/s1. The molecule has 2 aromatic rings. The summed E-state index contributed by atoms with van der Waals surface area (Å²) in [5, 5.41) is 7.20. The van der Waals surface area contributed by atoms with Crippen molar-refractivity contribution in [3.63, 3.8) is 0 Å². The van der Waals surface area contributed by atoms with Crippen LogP contribution in [0, 0.1) is 23.7 Å². The lowest BCUT2D eigenvalue weighted by molar-refractivity contribution is -0.137. The Labute approximate surface area is 259 Å². The van der Waals surface area contributed by atoms with E-state index in [1.54, 1.807) is 4.31 Å². The Morgan fingerprint density at radius 3 is 2.34 bits per heavy atom. The summed E-state index contributed by atoms with van der Waals surface area (Å²) in [7, 11) is -3.94. The summed E-state index contributed by atoms with van der Waals surface area (Å²) in [6, 6.07) is 16.6. The fourth-order valence-electron chi connectivity index (χ4n) is 8.45. The van der Waals surface area contributed by atoms with E-state index in [4.69, 9.17) is 0 Å². The molecule has 8 rings (SSSR count).